The normalized spacial score (nSPS) is 12.3. The number of aromatic nitrogens is 3. The Balaban J connectivity index is 1.87. The molecule has 0 aliphatic rings. The molecular formula is C39H57N3O9Si3. The lowest BCUT2D eigenvalue weighted by molar-refractivity contribution is 0.192. The van der Waals surface area contributed by atoms with Gasteiger partial charge in [-0.1, -0.05) is 91.0 Å². The monoisotopic (exact) mass is 795 g/mol. The van der Waals surface area contributed by atoms with Crippen LogP contribution in [0.3, 0.4) is 0 Å². The Morgan fingerprint density at radius 2 is 0.574 bits per heavy atom. The van der Waals surface area contributed by atoms with Crippen molar-refractivity contribution in [2.75, 3.05) is 39.6 Å². The predicted octanol–water partition coefficient (Wildman–Crippen LogP) is 3.44. The second kappa shape index (κ2) is 21.0. The number of nitrogens with zero attached hydrogens (tertiary/aromatic N) is 3. The molecule has 1 aromatic heterocycles. The van der Waals surface area contributed by atoms with Crippen LogP contribution in [0.1, 0.15) is 41.5 Å². The van der Waals surface area contributed by atoms with Crippen LogP contribution in [0.5, 0.6) is 0 Å². The third-order valence-electron chi connectivity index (χ3n) is 9.28. The zero-order valence-corrected chi connectivity index (χ0v) is 35.7. The third kappa shape index (κ3) is 10.0. The second-order valence-electron chi connectivity index (χ2n) is 12.5. The molecule has 0 bridgehead atoms. The van der Waals surface area contributed by atoms with Gasteiger partial charge in [-0.15, -0.1) is 0 Å². The van der Waals surface area contributed by atoms with Crippen molar-refractivity contribution in [2.45, 2.75) is 79.3 Å². The van der Waals surface area contributed by atoms with Gasteiger partial charge in [0.2, 0.25) is 0 Å². The molecule has 0 amide bonds. The summed E-state index contributed by atoms with van der Waals surface area (Å²) >= 11 is 0. The highest BCUT2D eigenvalue weighted by Gasteiger charge is 2.43. The van der Waals surface area contributed by atoms with Gasteiger partial charge in [0.25, 0.3) is 0 Å². The SMILES string of the molecule is CCO[Si](CCn1c(=O)n(CC[Si](OCC)(OCC)c2ccccc2)c(=O)n(CC[Si](OCC)(OCC)c2ccccc2)c1=O)(OCC)c1ccccc1. The maximum atomic E-state index is 14.5. The maximum Gasteiger partial charge on any atom is 0.374 e. The Bertz CT molecular complexity index is 1620. The maximum absolute atomic E-state index is 14.5. The lowest BCUT2D eigenvalue weighted by Crippen LogP contribution is -2.60. The third-order valence-corrected chi connectivity index (χ3v) is 20.1. The molecule has 12 nitrogen and oxygen atoms in total. The molecule has 1 heterocycles. The Labute approximate surface area is 322 Å². The fraction of sp³-hybridized carbons (Fsp3) is 0.462. The quantitative estimate of drug-likeness (QED) is 0.0983. The van der Waals surface area contributed by atoms with Crippen LogP contribution >= 0.6 is 0 Å². The van der Waals surface area contributed by atoms with E-state index in [1.54, 1.807) is 0 Å². The van der Waals surface area contributed by atoms with Crippen LogP contribution in [0.25, 0.3) is 0 Å². The zero-order valence-electron chi connectivity index (χ0n) is 32.7. The molecule has 54 heavy (non-hydrogen) atoms. The van der Waals surface area contributed by atoms with E-state index < -0.39 is 42.8 Å². The summed E-state index contributed by atoms with van der Waals surface area (Å²) in [6.45, 7) is 13.7. The van der Waals surface area contributed by atoms with Crippen LogP contribution in [0, 0.1) is 0 Å². The van der Waals surface area contributed by atoms with Crippen LogP contribution in [0.2, 0.25) is 18.1 Å². The lowest BCUT2D eigenvalue weighted by Gasteiger charge is -2.32. The largest absolute Gasteiger partial charge is 0.391 e. The highest BCUT2D eigenvalue weighted by atomic mass is 28.4. The van der Waals surface area contributed by atoms with Crippen molar-refractivity contribution in [3.8, 4) is 0 Å². The highest BCUT2D eigenvalue weighted by Crippen LogP contribution is 2.18. The average Bonchev–Trinajstić information content (AvgIpc) is 3.19. The Morgan fingerprint density at radius 1 is 0.370 bits per heavy atom. The molecule has 0 unspecified atom stereocenters. The van der Waals surface area contributed by atoms with E-state index in [4.69, 9.17) is 26.6 Å². The van der Waals surface area contributed by atoms with Crippen molar-refractivity contribution in [3.63, 3.8) is 0 Å². The van der Waals surface area contributed by atoms with Crippen LogP contribution in [0.15, 0.2) is 105 Å². The first-order valence-electron chi connectivity index (χ1n) is 19.1. The fourth-order valence-corrected chi connectivity index (χ4v) is 16.4. The van der Waals surface area contributed by atoms with Crippen molar-refractivity contribution in [1.82, 2.24) is 13.7 Å². The van der Waals surface area contributed by atoms with Gasteiger partial charge in [0.05, 0.1) is 0 Å². The van der Waals surface area contributed by atoms with Crippen molar-refractivity contribution in [2.24, 2.45) is 0 Å². The average molecular weight is 796 g/mol. The van der Waals surface area contributed by atoms with Crippen molar-refractivity contribution in [1.29, 1.82) is 0 Å². The van der Waals surface area contributed by atoms with E-state index in [0.29, 0.717) is 39.6 Å². The molecular weight excluding hydrogens is 739 g/mol. The molecule has 4 aromatic rings. The summed E-state index contributed by atoms with van der Waals surface area (Å²) < 4.78 is 41.9. The molecule has 0 N–H and O–H groups in total. The first kappa shape index (κ1) is 43.2. The lowest BCUT2D eigenvalue weighted by atomic mass is 10.4. The summed E-state index contributed by atoms with van der Waals surface area (Å²) in [6.07, 6.45) is 0. The minimum absolute atomic E-state index is 0.0184. The number of hydrogen-bond acceptors (Lipinski definition) is 9. The first-order chi connectivity index (χ1) is 26.2. The molecule has 0 saturated heterocycles. The number of rotatable bonds is 24. The highest BCUT2D eigenvalue weighted by molar-refractivity contribution is 6.82. The first-order valence-corrected chi connectivity index (χ1v) is 25.2. The smallest absolute Gasteiger partial charge is 0.374 e. The Morgan fingerprint density at radius 3 is 0.759 bits per heavy atom. The van der Waals surface area contributed by atoms with Crippen molar-refractivity contribution >= 4 is 41.2 Å². The molecule has 0 atom stereocenters. The van der Waals surface area contributed by atoms with Gasteiger partial charge >= 0.3 is 42.8 Å². The summed E-state index contributed by atoms with van der Waals surface area (Å²) in [5.74, 6) is 0. The van der Waals surface area contributed by atoms with Gasteiger partial charge in [0.1, 0.15) is 0 Å². The summed E-state index contributed by atoms with van der Waals surface area (Å²) in [6, 6.07) is 29.9. The van der Waals surface area contributed by atoms with Crippen LogP contribution in [-0.4, -0.2) is 79.0 Å². The second-order valence-corrected chi connectivity index (χ2v) is 22.0. The van der Waals surface area contributed by atoms with E-state index >= 15 is 0 Å². The van der Waals surface area contributed by atoms with E-state index in [1.807, 2.05) is 133 Å². The van der Waals surface area contributed by atoms with Gasteiger partial charge in [-0.2, -0.15) is 0 Å². The number of benzene rings is 3. The Kier molecular flexibility index (Phi) is 16.8. The molecule has 0 spiro atoms. The minimum Gasteiger partial charge on any atom is -0.391 e. The summed E-state index contributed by atoms with van der Waals surface area (Å²) in [4.78, 5) is 43.4. The standard InChI is InChI=1S/C39H57N3O9Si3/c1-7-46-52(47-8-2,34-22-16-13-17-23-34)31-28-40-37(43)41(29-32-53(48-9-3,49-10-4)35-24-18-14-19-25-35)39(45)42(38(40)44)30-33-54(50-11-5,51-12-6)36-26-20-15-21-27-36/h13-27H,7-12,28-33H2,1-6H3. The number of hydrogen-bond donors (Lipinski definition) is 0. The summed E-state index contributed by atoms with van der Waals surface area (Å²) in [5, 5.41) is 2.69. The van der Waals surface area contributed by atoms with Gasteiger partial charge < -0.3 is 26.6 Å². The summed E-state index contributed by atoms with van der Waals surface area (Å²) in [5.41, 5.74) is -2.10. The summed E-state index contributed by atoms with van der Waals surface area (Å²) in [7, 11) is -9.41. The predicted molar refractivity (Wildman–Crippen MR) is 219 cm³/mol. The van der Waals surface area contributed by atoms with E-state index in [1.165, 1.54) is 0 Å². The molecule has 294 valence electrons. The van der Waals surface area contributed by atoms with E-state index in [-0.39, 0.29) is 37.8 Å². The fourth-order valence-electron chi connectivity index (χ4n) is 7.00. The van der Waals surface area contributed by atoms with Crippen LogP contribution in [-0.2, 0) is 46.2 Å². The molecule has 0 fully saturated rings. The van der Waals surface area contributed by atoms with Gasteiger partial charge in [0, 0.05) is 77.4 Å². The molecule has 0 aliphatic heterocycles. The van der Waals surface area contributed by atoms with Gasteiger partial charge in [-0.25, -0.2) is 28.1 Å². The van der Waals surface area contributed by atoms with Gasteiger partial charge in [0.15, 0.2) is 0 Å². The molecule has 4 rings (SSSR count). The Hall–Kier alpha value is -3.52. The topological polar surface area (TPSA) is 121 Å². The van der Waals surface area contributed by atoms with Gasteiger partial charge in [-0.3, -0.25) is 0 Å². The van der Waals surface area contributed by atoms with E-state index in [2.05, 4.69) is 0 Å². The van der Waals surface area contributed by atoms with Gasteiger partial charge in [-0.05, 0) is 57.1 Å². The van der Waals surface area contributed by atoms with Crippen molar-refractivity contribution in [3.05, 3.63) is 122 Å². The van der Waals surface area contributed by atoms with E-state index in [0.717, 1.165) is 29.3 Å². The molecule has 15 heteroatoms. The van der Waals surface area contributed by atoms with Crippen LogP contribution in [0.4, 0.5) is 0 Å². The zero-order chi connectivity index (χ0) is 39.0. The van der Waals surface area contributed by atoms with E-state index in [9.17, 15) is 14.4 Å². The van der Waals surface area contributed by atoms with Crippen LogP contribution < -0.4 is 32.6 Å². The molecule has 0 saturated carbocycles. The van der Waals surface area contributed by atoms with Crippen molar-refractivity contribution < 1.29 is 26.6 Å². The molecule has 3 aromatic carbocycles. The molecule has 0 radical (unpaired) electrons. The minimum atomic E-state index is -3.14. The molecule has 0 aliphatic carbocycles.